The molecule has 3 heteroatoms. The molecule has 0 aliphatic carbocycles. The molecular weight excluding hydrogens is 198 g/mol. The van der Waals surface area contributed by atoms with E-state index in [2.05, 4.69) is 23.8 Å². The van der Waals surface area contributed by atoms with Gasteiger partial charge in [-0.3, -0.25) is 4.99 Å². The highest BCUT2D eigenvalue weighted by atomic mass is 15.0. The van der Waals surface area contributed by atoms with Crippen molar-refractivity contribution >= 4 is 12.1 Å². The van der Waals surface area contributed by atoms with E-state index in [1.807, 2.05) is 13.1 Å². The summed E-state index contributed by atoms with van der Waals surface area (Å²) < 4.78 is 0. The fraction of sp³-hybridized carbons (Fsp3) is 0.846. The molecule has 0 aromatic rings. The Morgan fingerprint density at radius 2 is 2.25 bits per heavy atom. The molecule has 0 spiro atoms. The maximum Gasteiger partial charge on any atom is 0.123 e. The topological polar surface area (TPSA) is 50.7 Å². The molecule has 2 unspecified atom stereocenters. The minimum atomic E-state index is -0.339. The van der Waals surface area contributed by atoms with Gasteiger partial charge in [0.2, 0.25) is 0 Å². The molecule has 2 atom stereocenters. The summed E-state index contributed by atoms with van der Waals surface area (Å²) in [4.78, 5) is 8.85. The second-order valence-corrected chi connectivity index (χ2v) is 5.12. The molecule has 0 saturated heterocycles. The lowest BCUT2D eigenvalue weighted by Crippen LogP contribution is -2.43. The Balaban J connectivity index is 2.42. The minimum absolute atomic E-state index is 0.339. The molecule has 0 fully saturated rings. The highest BCUT2D eigenvalue weighted by Crippen LogP contribution is 2.19. The smallest absolute Gasteiger partial charge is 0.123 e. The van der Waals surface area contributed by atoms with E-state index in [1.54, 1.807) is 0 Å². The van der Waals surface area contributed by atoms with E-state index >= 15 is 0 Å². The fourth-order valence-corrected chi connectivity index (χ4v) is 1.88. The molecule has 1 rings (SSSR count). The third kappa shape index (κ3) is 4.44. The summed E-state index contributed by atoms with van der Waals surface area (Å²) in [6.45, 7) is 7.13. The zero-order valence-electron chi connectivity index (χ0n) is 10.9. The zero-order chi connectivity index (χ0) is 12.0. The minimum Gasteiger partial charge on any atom is -0.319 e. The summed E-state index contributed by atoms with van der Waals surface area (Å²) in [6.07, 6.45) is 7.96. The van der Waals surface area contributed by atoms with Crippen LogP contribution in [0.5, 0.6) is 0 Å². The Labute approximate surface area is 99.2 Å². The van der Waals surface area contributed by atoms with Gasteiger partial charge in [-0.05, 0) is 12.8 Å². The summed E-state index contributed by atoms with van der Waals surface area (Å²) in [6, 6.07) is 0. The van der Waals surface area contributed by atoms with Crippen molar-refractivity contribution in [1.82, 2.24) is 0 Å². The average molecular weight is 223 g/mol. The Morgan fingerprint density at radius 1 is 1.50 bits per heavy atom. The zero-order valence-corrected chi connectivity index (χ0v) is 10.9. The summed E-state index contributed by atoms with van der Waals surface area (Å²) in [5.74, 6) is 1.73. The fourth-order valence-electron chi connectivity index (χ4n) is 1.88. The van der Waals surface area contributed by atoms with Crippen LogP contribution in [0.25, 0.3) is 0 Å². The molecule has 0 aromatic heterocycles. The SMILES string of the molecule is CCCCC(CC)CC1=NCC(C)(N)C=N1. The van der Waals surface area contributed by atoms with Gasteiger partial charge < -0.3 is 5.73 Å². The third-order valence-electron chi connectivity index (χ3n) is 3.13. The van der Waals surface area contributed by atoms with Crippen LogP contribution in [0.15, 0.2) is 9.98 Å². The molecule has 16 heavy (non-hydrogen) atoms. The molecule has 0 bridgehead atoms. The average Bonchev–Trinajstić information content (AvgIpc) is 2.26. The van der Waals surface area contributed by atoms with Crippen molar-refractivity contribution < 1.29 is 0 Å². The van der Waals surface area contributed by atoms with Crippen LogP contribution in [0.4, 0.5) is 0 Å². The molecule has 1 aliphatic heterocycles. The van der Waals surface area contributed by atoms with Gasteiger partial charge in [-0.25, -0.2) is 4.99 Å². The predicted molar refractivity (Wildman–Crippen MR) is 71.3 cm³/mol. The maximum atomic E-state index is 5.93. The summed E-state index contributed by atoms with van der Waals surface area (Å²) in [5.41, 5.74) is 5.59. The van der Waals surface area contributed by atoms with E-state index in [0.717, 1.165) is 18.2 Å². The third-order valence-corrected chi connectivity index (χ3v) is 3.13. The molecule has 0 radical (unpaired) electrons. The number of unbranched alkanes of at least 4 members (excludes halogenated alkanes) is 1. The van der Waals surface area contributed by atoms with E-state index in [1.165, 1.54) is 25.7 Å². The molecular formula is C13H25N3. The molecule has 1 aliphatic rings. The van der Waals surface area contributed by atoms with Gasteiger partial charge in [0.25, 0.3) is 0 Å². The van der Waals surface area contributed by atoms with Gasteiger partial charge in [0.1, 0.15) is 5.84 Å². The summed E-state index contributed by atoms with van der Waals surface area (Å²) >= 11 is 0. The molecule has 92 valence electrons. The number of rotatable bonds is 6. The molecule has 3 nitrogen and oxygen atoms in total. The van der Waals surface area contributed by atoms with Crippen molar-refractivity contribution in [3.8, 4) is 0 Å². The van der Waals surface area contributed by atoms with Crippen molar-refractivity contribution in [3.05, 3.63) is 0 Å². The molecule has 0 saturated carbocycles. The lowest BCUT2D eigenvalue weighted by molar-refractivity contribution is 0.464. The van der Waals surface area contributed by atoms with Gasteiger partial charge in [-0.1, -0.05) is 39.5 Å². The normalized spacial score (nSPS) is 26.6. The lowest BCUT2D eigenvalue weighted by atomic mass is 9.95. The lowest BCUT2D eigenvalue weighted by Gasteiger charge is -2.22. The van der Waals surface area contributed by atoms with Crippen LogP contribution in [0.2, 0.25) is 0 Å². The maximum absolute atomic E-state index is 5.93. The van der Waals surface area contributed by atoms with Crippen LogP contribution in [-0.2, 0) is 0 Å². The van der Waals surface area contributed by atoms with Crippen LogP contribution >= 0.6 is 0 Å². The second-order valence-electron chi connectivity index (χ2n) is 5.12. The highest BCUT2D eigenvalue weighted by molar-refractivity contribution is 5.94. The van der Waals surface area contributed by atoms with E-state index in [0.29, 0.717) is 6.54 Å². The largest absolute Gasteiger partial charge is 0.319 e. The first kappa shape index (κ1) is 13.4. The van der Waals surface area contributed by atoms with Crippen LogP contribution in [0.1, 0.15) is 52.9 Å². The van der Waals surface area contributed by atoms with E-state index < -0.39 is 0 Å². The quantitative estimate of drug-likeness (QED) is 0.739. The summed E-state index contributed by atoms with van der Waals surface area (Å²) in [7, 11) is 0. The molecule has 1 heterocycles. The van der Waals surface area contributed by atoms with E-state index in [-0.39, 0.29) is 5.54 Å². The molecule has 0 amide bonds. The highest BCUT2D eigenvalue weighted by Gasteiger charge is 2.20. The van der Waals surface area contributed by atoms with Gasteiger partial charge >= 0.3 is 0 Å². The van der Waals surface area contributed by atoms with Gasteiger partial charge in [0, 0.05) is 12.6 Å². The number of aliphatic imine (C=N–C) groups is 2. The second kappa shape index (κ2) is 6.14. The Morgan fingerprint density at radius 3 is 2.75 bits per heavy atom. The van der Waals surface area contributed by atoms with Gasteiger partial charge in [0.05, 0.1) is 12.1 Å². The standard InChI is InChI=1S/C13H25N3/c1-4-6-7-11(5-2)8-12-15-9-13(3,14)10-16-12/h9,11H,4-8,10,14H2,1-3H3. The van der Waals surface area contributed by atoms with Crippen molar-refractivity contribution in [1.29, 1.82) is 0 Å². The van der Waals surface area contributed by atoms with Crippen molar-refractivity contribution in [2.24, 2.45) is 21.6 Å². The predicted octanol–water partition coefficient (Wildman–Crippen LogP) is 2.79. The van der Waals surface area contributed by atoms with Gasteiger partial charge in [-0.15, -0.1) is 0 Å². The molecule has 0 aromatic carbocycles. The first-order valence-electron chi connectivity index (χ1n) is 6.45. The number of amidine groups is 1. The first-order valence-corrected chi connectivity index (χ1v) is 6.45. The number of nitrogens with two attached hydrogens (primary N) is 1. The summed E-state index contributed by atoms with van der Waals surface area (Å²) in [5, 5.41) is 0. The Bertz CT molecular complexity index is 266. The van der Waals surface area contributed by atoms with Crippen LogP contribution < -0.4 is 5.73 Å². The van der Waals surface area contributed by atoms with Crippen LogP contribution in [0.3, 0.4) is 0 Å². The van der Waals surface area contributed by atoms with Crippen LogP contribution in [0, 0.1) is 5.92 Å². The van der Waals surface area contributed by atoms with Crippen molar-refractivity contribution in [2.45, 2.75) is 58.4 Å². The number of hydrogen-bond donors (Lipinski definition) is 1. The van der Waals surface area contributed by atoms with E-state index in [9.17, 15) is 0 Å². The van der Waals surface area contributed by atoms with Gasteiger partial charge in [-0.2, -0.15) is 0 Å². The number of nitrogens with zero attached hydrogens (tertiary/aromatic N) is 2. The number of hydrogen-bond acceptors (Lipinski definition) is 3. The van der Waals surface area contributed by atoms with E-state index in [4.69, 9.17) is 5.73 Å². The first-order chi connectivity index (χ1) is 7.57. The van der Waals surface area contributed by atoms with Crippen LogP contribution in [-0.4, -0.2) is 24.1 Å². The van der Waals surface area contributed by atoms with Gasteiger partial charge in [0.15, 0.2) is 0 Å². The van der Waals surface area contributed by atoms with Crippen molar-refractivity contribution in [2.75, 3.05) is 6.54 Å². The van der Waals surface area contributed by atoms with Crippen molar-refractivity contribution in [3.63, 3.8) is 0 Å². The monoisotopic (exact) mass is 223 g/mol. The Hall–Kier alpha value is -0.700. The molecule has 2 N–H and O–H groups in total. The Kier molecular flexibility index (Phi) is 5.13.